The van der Waals surface area contributed by atoms with Crippen LogP contribution in [0, 0.1) is 0 Å². The fourth-order valence-corrected chi connectivity index (χ4v) is 17.8. The van der Waals surface area contributed by atoms with Gasteiger partial charge in [0.1, 0.15) is 11.5 Å². The number of hydrogen-bond acceptors (Lipinski definition) is 4. The van der Waals surface area contributed by atoms with Crippen LogP contribution in [-0.2, 0) is 16.2 Å². The van der Waals surface area contributed by atoms with Crippen LogP contribution in [0.2, 0.25) is 0 Å². The van der Waals surface area contributed by atoms with E-state index in [1.54, 1.807) is 0 Å². The maximum Gasteiger partial charge on any atom is 0.132 e. The molecule has 0 amide bonds. The molecular formula is C75H45NOS2. The van der Waals surface area contributed by atoms with Gasteiger partial charge < -0.3 is 9.64 Å². The zero-order chi connectivity index (χ0) is 51.6. The van der Waals surface area contributed by atoms with Crippen molar-refractivity contribution in [2.75, 3.05) is 4.90 Å². The molecule has 0 saturated carbocycles. The summed E-state index contributed by atoms with van der Waals surface area (Å²) in [5.74, 6) is 1.79. The van der Waals surface area contributed by atoms with Gasteiger partial charge in [-0.1, -0.05) is 224 Å². The van der Waals surface area contributed by atoms with E-state index in [0.29, 0.717) is 0 Å². The van der Waals surface area contributed by atoms with E-state index in [9.17, 15) is 0 Å². The Morgan fingerprint density at radius 3 is 0.823 bits per heavy atom. The first-order valence-corrected chi connectivity index (χ1v) is 28.9. The summed E-state index contributed by atoms with van der Waals surface area (Å²) < 4.78 is 6.75. The van der Waals surface area contributed by atoms with Crippen molar-refractivity contribution in [2.24, 2.45) is 0 Å². The number of para-hydroxylation sites is 2. The highest BCUT2D eigenvalue weighted by atomic mass is 32.2. The van der Waals surface area contributed by atoms with Gasteiger partial charge in [0, 0.05) is 47.8 Å². The Bertz CT molecular complexity index is 4040. The Kier molecular flexibility index (Phi) is 8.92. The maximum atomic E-state index is 6.75. The molecule has 0 atom stereocenters. The first kappa shape index (κ1) is 44.0. The third kappa shape index (κ3) is 5.50. The van der Waals surface area contributed by atoms with E-state index in [-0.39, 0.29) is 0 Å². The van der Waals surface area contributed by atoms with Crippen molar-refractivity contribution in [2.45, 2.75) is 35.8 Å². The van der Waals surface area contributed by atoms with Crippen molar-refractivity contribution in [3.63, 3.8) is 0 Å². The van der Waals surface area contributed by atoms with E-state index in [2.05, 4.69) is 278 Å². The number of hydrogen-bond donors (Lipinski definition) is 0. The van der Waals surface area contributed by atoms with Crippen LogP contribution >= 0.6 is 23.5 Å². The lowest BCUT2D eigenvalue weighted by atomic mass is 9.66. The molecule has 0 N–H and O–H groups in total. The molecule has 0 radical (unpaired) electrons. The van der Waals surface area contributed by atoms with Gasteiger partial charge in [-0.3, -0.25) is 0 Å². The molecule has 0 aromatic heterocycles. The van der Waals surface area contributed by atoms with Crippen molar-refractivity contribution < 1.29 is 4.74 Å². The lowest BCUT2D eigenvalue weighted by Gasteiger charge is -2.40. The summed E-state index contributed by atoms with van der Waals surface area (Å²) in [6, 6.07) is 103. The number of ether oxygens (including phenoxy) is 1. The molecule has 2 nitrogen and oxygen atoms in total. The highest BCUT2D eigenvalue weighted by molar-refractivity contribution is 7.99. The van der Waals surface area contributed by atoms with E-state index in [4.69, 9.17) is 4.74 Å². The van der Waals surface area contributed by atoms with E-state index in [0.717, 1.165) is 39.7 Å². The zero-order valence-corrected chi connectivity index (χ0v) is 44.3. The van der Waals surface area contributed by atoms with Gasteiger partial charge in [0.05, 0.1) is 16.2 Å². The van der Waals surface area contributed by atoms with E-state index < -0.39 is 16.2 Å². The molecule has 79 heavy (non-hydrogen) atoms. The summed E-state index contributed by atoms with van der Waals surface area (Å²) in [5, 5.41) is 0. The topological polar surface area (TPSA) is 12.5 Å². The Morgan fingerprint density at radius 2 is 0.481 bits per heavy atom. The Labute approximate surface area is 467 Å². The molecule has 3 heterocycles. The van der Waals surface area contributed by atoms with Gasteiger partial charge in [-0.25, -0.2) is 0 Å². The summed E-state index contributed by atoms with van der Waals surface area (Å²) in [6.07, 6.45) is 0. The molecule has 0 fully saturated rings. The third-order valence-electron chi connectivity index (χ3n) is 18.3. The molecule has 18 rings (SSSR count). The average molecular weight is 1040 g/mol. The largest absolute Gasteiger partial charge is 0.457 e. The third-order valence-corrected chi connectivity index (χ3v) is 20.6. The predicted octanol–water partition coefficient (Wildman–Crippen LogP) is 19.3. The van der Waals surface area contributed by atoms with Crippen LogP contribution in [0.5, 0.6) is 11.5 Å². The van der Waals surface area contributed by atoms with E-state index in [1.165, 1.54) is 109 Å². The van der Waals surface area contributed by atoms with Crippen LogP contribution in [0.25, 0.3) is 33.4 Å². The predicted molar refractivity (Wildman–Crippen MR) is 321 cm³/mol. The molecule has 368 valence electrons. The van der Waals surface area contributed by atoms with Crippen LogP contribution in [0.3, 0.4) is 0 Å². The first-order chi connectivity index (χ1) is 39.2. The fourth-order valence-electron chi connectivity index (χ4n) is 15.4. The highest BCUT2D eigenvalue weighted by Gasteiger charge is 2.54. The van der Waals surface area contributed by atoms with E-state index >= 15 is 0 Å². The van der Waals surface area contributed by atoms with Crippen molar-refractivity contribution in [3.05, 3.63) is 340 Å². The van der Waals surface area contributed by atoms with Crippen molar-refractivity contribution in [1.82, 2.24) is 0 Å². The lowest BCUT2D eigenvalue weighted by molar-refractivity contribution is 0.436. The van der Waals surface area contributed by atoms with Gasteiger partial charge in [-0.05, 0) is 162 Å². The van der Waals surface area contributed by atoms with Gasteiger partial charge >= 0.3 is 0 Å². The maximum absolute atomic E-state index is 6.75. The molecule has 4 heteroatoms. The highest BCUT2D eigenvalue weighted by Crippen LogP contribution is 2.67. The molecule has 6 aliphatic rings. The second-order valence-electron chi connectivity index (χ2n) is 21.7. The van der Waals surface area contributed by atoms with Crippen molar-refractivity contribution >= 4 is 40.6 Å². The quantitative estimate of drug-likeness (QED) is 0.175. The van der Waals surface area contributed by atoms with E-state index in [1.807, 2.05) is 23.5 Å². The monoisotopic (exact) mass is 1040 g/mol. The molecular weight excluding hydrogens is 995 g/mol. The number of anilines is 3. The smallest absolute Gasteiger partial charge is 0.132 e. The van der Waals surface area contributed by atoms with Gasteiger partial charge in [-0.2, -0.15) is 0 Å². The second-order valence-corrected chi connectivity index (χ2v) is 23.9. The SMILES string of the molecule is c1ccc2c(c1)Oc1ccccc1C21c2ccccc2-c2cc(N(c3ccc4c(c3)-c3ccccc3C43c4ccccc4Sc4ccccc43)c3ccc4c(c3)-c3ccccc3C43c4ccccc4Sc4ccccc43)ccc21. The number of benzene rings is 12. The van der Waals surface area contributed by atoms with Gasteiger partial charge in [0.25, 0.3) is 0 Å². The molecule has 0 bridgehead atoms. The molecule has 3 aliphatic carbocycles. The van der Waals surface area contributed by atoms with Gasteiger partial charge in [0.15, 0.2) is 0 Å². The normalized spacial score (nSPS) is 15.4. The molecule has 12 aromatic carbocycles. The summed E-state index contributed by atoms with van der Waals surface area (Å²) in [5.41, 5.74) is 24.8. The first-order valence-electron chi connectivity index (χ1n) is 27.3. The molecule has 3 spiro atoms. The minimum atomic E-state index is -0.576. The van der Waals surface area contributed by atoms with Crippen LogP contribution in [0.4, 0.5) is 17.1 Å². The fraction of sp³-hybridized carbons (Fsp3) is 0.0400. The zero-order valence-electron chi connectivity index (χ0n) is 42.7. The molecule has 12 aromatic rings. The second kappa shape index (κ2) is 16.0. The number of nitrogens with zero attached hydrogens (tertiary/aromatic N) is 1. The Hall–Kier alpha value is -9.06. The number of fused-ring (bicyclic) bond motifs is 27. The van der Waals surface area contributed by atoms with Crippen LogP contribution in [0.1, 0.15) is 66.8 Å². The summed E-state index contributed by atoms with van der Waals surface area (Å²) in [4.78, 5) is 7.76. The minimum Gasteiger partial charge on any atom is -0.457 e. The number of rotatable bonds is 3. The Morgan fingerprint density at radius 1 is 0.228 bits per heavy atom. The van der Waals surface area contributed by atoms with Crippen LogP contribution in [0.15, 0.2) is 293 Å². The van der Waals surface area contributed by atoms with Crippen LogP contribution in [-0.4, -0.2) is 0 Å². The summed E-state index contributed by atoms with van der Waals surface area (Å²) in [6.45, 7) is 0. The lowest BCUT2D eigenvalue weighted by Crippen LogP contribution is -2.32. The van der Waals surface area contributed by atoms with Crippen molar-refractivity contribution in [3.8, 4) is 44.9 Å². The standard InChI is InChI=1S/C75H45NOS2/c1-4-22-55-49(19-1)52-43-46(37-40-58(52)73(55)61-25-7-13-31-67(61)77-68-32-14-8-26-62(68)73)76(47-38-41-59-53(44-47)50-20-2-5-23-56(50)74(59)63-27-9-15-33-69(63)78-70-34-16-10-28-64(70)74)48-39-42-60-54(45-48)51-21-3-6-24-57(51)75(60)65-29-11-17-35-71(65)79-72-36-18-12-30-66(72)75/h1-45H. The van der Waals surface area contributed by atoms with Crippen LogP contribution < -0.4 is 9.64 Å². The van der Waals surface area contributed by atoms with Crippen molar-refractivity contribution in [1.29, 1.82) is 0 Å². The summed E-state index contributed by atoms with van der Waals surface area (Å²) in [7, 11) is 0. The van der Waals surface area contributed by atoms with Gasteiger partial charge in [0.2, 0.25) is 0 Å². The minimum absolute atomic E-state index is 0.480. The molecule has 0 unspecified atom stereocenters. The summed E-state index contributed by atoms with van der Waals surface area (Å²) >= 11 is 3.78. The molecule has 0 saturated heterocycles. The Balaban J connectivity index is 0.905. The average Bonchev–Trinajstić information content (AvgIpc) is 3.85. The molecule has 3 aliphatic heterocycles. The van der Waals surface area contributed by atoms with Gasteiger partial charge in [-0.15, -0.1) is 0 Å².